The van der Waals surface area contributed by atoms with E-state index in [0.717, 1.165) is 16.9 Å². The Kier molecular flexibility index (Phi) is 5.07. The standard InChI is InChI=1S/C21H24N4O/c1-13-5-7-19(8-15(13)3)26-12-16-6-4-14(2)17(9-16)10-18-11-24-21(23)25-20(18)22/h4-9,11H,10,12H2,1-3H3,(H4,22,23,24,25). The maximum atomic E-state index is 5.96. The van der Waals surface area contributed by atoms with Crippen LogP contribution in [0.15, 0.2) is 42.6 Å². The first kappa shape index (κ1) is 17.7. The van der Waals surface area contributed by atoms with Crippen LogP contribution in [0.5, 0.6) is 5.75 Å². The lowest BCUT2D eigenvalue weighted by molar-refractivity contribution is 0.306. The van der Waals surface area contributed by atoms with Gasteiger partial charge in [-0.1, -0.05) is 24.3 Å². The fourth-order valence-corrected chi connectivity index (χ4v) is 2.75. The number of hydrogen-bond acceptors (Lipinski definition) is 5. The Morgan fingerprint density at radius 3 is 2.38 bits per heavy atom. The summed E-state index contributed by atoms with van der Waals surface area (Å²) >= 11 is 0. The maximum Gasteiger partial charge on any atom is 0.221 e. The van der Waals surface area contributed by atoms with Gasteiger partial charge < -0.3 is 16.2 Å². The molecule has 0 spiro atoms. The monoisotopic (exact) mass is 348 g/mol. The largest absolute Gasteiger partial charge is 0.489 e. The van der Waals surface area contributed by atoms with Crippen LogP contribution in [-0.4, -0.2) is 9.97 Å². The molecule has 134 valence electrons. The van der Waals surface area contributed by atoms with Crippen molar-refractivity contribution in [2.24, 2.45) is 0 Å². The summed E-state index contributed by atoms with van der Waals surface area (Å²) < 4.78 is 5.95. The van der Waals surface area contributed by atoms with E-state index in [1.807, 2.05) is 6.07 Å². The minimum absolute atomic E-state index is 0.193. The van der Waals surface area contributed by atoms with Crippen molar-refractivity contribution in [2.45, 2.75) is 33.8 Å². The van der Waals surface area contributed by atoms with Gasteiger partial charge in [0.1, 0.15) is 18.2 Å². The highest BCUT2D eigenvalue weighted by Crippen LogP contribution is 2.21. The lowest BCUT2D eigenvalue weighted by atomic mass is 9.99. The number of aryl methyl sites for hydroxylation is 3. The molecule has 0 fully saturated rings. The number of nitrogens with two attached hydrogens (primary N) is 2. The molecule has 0 aliphatic rings. The Balaban J connectivity index is 1.75. The van der Waals surface area contributed by atoms with E-state index in [9.17, 15) is 0 Å². The molecule has 0 saturated carbocycles. The van der Waals surface area contributed by atoms with Gasteiger partial charge in [0.05, 0.1) is 0 Å². The number of rotatable bonds is 5. The van der Waals surface area contributed by atoms with Gasteiger partial charge in [-0.05, 0) is 60.7 Å². The number of nitrogen functional groups attached to an aromatic ring is 2. The van der Waals surface area contributed by atoms with Crippen molar-refractivity contribution in [1.29, 1.82) is 0 Å². The smallest absolute Gasteiger partial charge is 0.221 e. The van der Waals surface area contributed by atoms with E-state index in [2.05, 4.69) is 61.1 Å². The third kappa shape index (κ3) is 4.11. The van der Waals surface area contributed by atoms with Gasteiger partial charge in [-0.3, -0.25) is 0 Å². The summed E-state index contributed by atoms with van der Waals surface area (Å²) in [6.07, 6.45) is 2.35. The summed E-state index contributed by atoms with van der Waals surface area (Å²) in [4.78, 5) is 8.07. The summed E-state index contributed by atoms with van der Waals surface area (Å²) in [5.41, 5.74) is 18.4. The van der Waals surface area contributed by atoms with Gasteiger partial charge >= 0.3 is 0 Å². The van der Waals surface area contributed by atoms with E-state index in [4.69, 9.17) is 16.2 Å². The quantitative estimate of drug-likeness (QED) is 0.733. The maximum absolute atomic E-state index is 5.96. The predicted molar refractivity (Wildman–Crippen MR) is 105 cm³/mol. The molecule has 1 heterocycles. The second-order valence-electron chi connectivity index (χ2n) is 6.61. The zero-order valence-electron chi connectivity index (χ0n) is 15.4. The van der Waals surface area contributed by atoms with E-state index in [0.29, 0.717) is 18.8 Å². The van der Waals surface area contributed by atoms with Gasteiger partial charge in [-0.25, -0.2) is 4.98 Å². The topological polar surface area (TPSA) is 87.0 Å². The van der Waals surface area contributed by atoms with Crippen LogP contribution in [0.3, 0.4) is 0 Å². The van der Waals surface area contributed by atoms with Crippen molar-refractivity contribution in [3.63, 3.8) is 0 Å². The Labute approximate surface area is 154 Å². The van der Waals surface area contributed by atoms with E-state index < -0.39 is 0 Å². The number of anilines is 2. The minimum Gasteiger partial charge on any atom is -0.489 e. The normalized spacial score (nSPS) is 10.7. The number of hydrogen-bond donors (Lipinski definition) is 2. The second kappa shape index (κ2) is 7.44. The molecule has 5 heteroatoms. The number of benzene rings is 2. The number of aromatic nitrogens is 2. The molecule has 0 aliphatic carbocycles. The summed E-state index contributed by atoms with van der Waals surface area (Å²) in [6, 6.07) is 12.5. The van der Waals surface area contributed by atoms with Crippen LogP contribution in [0.4, 0.5) is 11.8 Å². The lowest BCUT2D eigenvalue weighted by Crippen LogP contribution is -2.05. The first-order valence-corrected chi connectivity index (χ1v) is 8.57. The molecular formula is C21H24N4O. The summed E-state index contributed by atoms with van der Waals surface area (Å²) in [5, 5.41) is 0. The highest BCUT2D eigenvalue weighted by atomic mass is 16.5. The Morgan fingerprint density at radius 1 is 0.885 bits per heavy atom. The van der Waals surface area contributed by atoms with Crippen LogP contribution < -0.4 is 16.2 Å². The molecular weight excluding hydrogens is 324 g/mol. The molecule has 2 aromatic carbocycles. The molecule has 0 bridgehead atoms. The average Bonchev–Trinajstić information content (AvgIpc) is 2.60. The molecule has 0 saturated heterocycles. The zero-order valence-corrected chi connectivity index (χ0v) is 15.4. The van der Waals surface area contributed by atoms with E-state index in [-0.39, 0.29) is 5.95 Å². The van der Waals surface area contributed by atoms with Crippen LogP contribution in [0.2, 0.25) is 0 Å². The molecule has 0 radical (unpaired) electrons. The van der Waals surface area contributed by atoms with Crippen LogP contribution in [0.25, 0.3) is 0 Å². The molecule has 0 atom stereocenters. The van der Waals surface area contributed by atoms with Gasteiger partial charge in [0.2, 0.25) is 5.95 Å². The first-order chi connectivity index (χ1) is 12.4. The molecule has 4 N–H and O–H groups in total. The lowest BCUT2D eigenvalue weighted by Gasteiger charge is -2.12. The molecule has 26 heavy (non-hydrogen) atoms. The fraction of sp³-hybridized carbons (Fsp3) is 0.238. The summed E-state index contributed by atoms with van der Waals surface area (Å²) in [7, 11) is 0. The highest BCUT2D eigenvalue weighted by Gasteiger charge is 2.08. The first-order valence-electron chi connectivity index (χ1n) is 8.57. The van der Waals surface area contributed by atoms with Crippen LogP contribution in [0.1, 0.15) is 33.4 Å². The summed E-state index contributed by atoms with van der Waals surface area (Å²) in [6.45, 7) is 6.78. The van der Waals surface area contributed by atoms with Crippen molar-refractivity contribution in [1.82, 2.24) is 9.97 Å². The van der Waals surface area contributed by atoms with Gasteiger partial charge in [-0.2, -0.15) is 4.98 Å². The average molecular weight is 348 g/mol. The second-order valence-corrected chi connectivity index (χ2v) is 6.61. The van der Waals surface area contributed by atoms with Crippen LogP contribution in [-0.2, 0) is 13.0 Å². The number of ether oxygens (including phenoxy) is 1. The van der Waals surface area contributed by atoms with Gasteiger partial charge in [0.15, 0.2) is 0 Å². The molecule has 3 rings (SSSR count). The molecule has 1 aromatic heterocycles. The van der Waals surface area contributed by atoms with Gasteiger partial charge in [0.25, 0.3) is 0 Å². The minimum atomic E-state index is 0.193. The van der Waals surface area contributed by atoms with Crippen molar-refractivity contribution in [3.8, 4) is 5.75 Å². The molecule has 0 aliphatic heterocycles. The van der Waals surface area contributed by atoms with Crippen molar-refractivity contribution < 1.29 is 4.74 Å². The van der Waals surface area contributed by atoms with Crippen molar-refractivity contribution in [2.75, 3.05) is 11.5 Å². The molecule has 3 aromatic rings. The molecule has 0 amide bonds. The van der Waals surface area contributed by atoms with Gasteiger partial charge in [-0.15, -0.1) is 0 Å². The van der Waals surface area contributed by atoms with Crippen molar-refractivity contribution in [3.05, 3.63) is 76.0 Å². The van der Waals surface area contributed by atoms with Crippen molar-refractivity contribution >= 4 is 11.8 Å². The third-order valence-electron chi connectivity index (χ3n) is 4.59. The molecule has 5 nitrogen and oxygen atoms in total. The van der Waals surface area contributed by atoms with E-state index >= 15 is 0 Å². The Hall–Kier alpha value is -3.08. The van der Waals surface area contributed by atoms with Crippen LogP contribution in [0, 0.1) is 20.8 Å². The van der Waals surface area contributed by atoms with E-state index in [1.165, 1.54) is 22.3 Å². The fourth-order valence-electron chi connectivity index (χ4n) is 2.75. The number of nitrogens with zero attached hydrogens (tertiary/aromatic N) is 2. The Bertz CT molecular complexity index is 937. The molecule has 0 unspecified atom stereocenters. The third-order valence-corrected chi connectivity index (χ3v) is 4.59. The van der Waals surface area contributed by atoms with Crippen LogP contribution >= 0.6 is 0 Å². The highest BCUT2D eigenvalue weighted by molar-refractivity contribution is 5.45. The van der Waals surface area contributed by atoms with E-state index in [1.54, 1.807) is 6.20 Å². The Morgan fingerprint density at radius 2 is 1.65 bits per heavy atom. The predicted octanol–water partition coefficient (Wildman–Crippen LogP) is 3.74. The zero-order chi connectivity index (χ0) is 18.7. The van der Waals surface area contributed by atoms with Gasteiger partial charge in [0, 0.05) is 18.2 Å². The SMILES string of the molecule is Cc1ccc(OCc2ccc(C)c(Cc3cnc(N)nc3N)c2)cc1C. The summed E-state index contributed by atoms with van der Waals surface area (Å²) in [5.74, 6) is 1.50.